The molecule has 2 aliphatic rings. The average Bonchev–Trinajstić information content (AvgIpc) is 2.38. The zero-order chi connectivity index (χ0) is 13.8. The van der Waals surface area contributed by atoms with Crippen molar-refractivity contribution in [1.29, 1.82) is 0 Å². The van der Waals surface area contributed by atoms with E-state index in [2.05, 4.69) is 38.5 Å². The van der Waals surface area contributed by atoms with Gasteiger partial charge in [-0.2, -0.15) is 0 Å². The summed E-state index contributed by atoms with van der Waals surface area (Å²) in [4.78, 5) is 17.9. The summed E-state index contributed by atoms with van der Waals surface area (Å²) < 4.78 is 15.1. The van der Waals surface area contributed by atoms with E-state index in [0.29, 0.717) is 5.96 Å². The SMILES string of the molecule is CN1CCN(C(=N[P+](=O)O)N2CCN(C)CC2)CC1. The molecule has 1 atom stereocenters. The predicted molar refractivity (Wildman–Crippen MR) is 75.4 cm³/mol. The van der Waals surface area contributed by atoms with Crippen molar-refractivity contribution >= 4 is 14.1 Å². The summed E-state index contributed by atoms with van der Waals surface area (Å²) in [5.41, 5.74) is 0. The molecule has 1 unspecified atom stereocenters. The van der Waals surface area contributed by atoms with E-state index in [9.17, 15) is 4.57 Å². The largest absolute Gasteiger partial charge is 0.670 e. The highest BCUT2D eigenvalue weighted by Gasteiger charge is 2.28. The van der Waals surface area contributed by atoms with Crippen LogP contribution in [0, 0.1) is 0 Å². The quantitative estimate of drug-likeness (QED) is 0.398. The van der Waals surface area contributed by atoms with Gasteiger partial charge in [0.05, 0.1) is 0 Å². The number of likely N-dealkylation sites (N-methyl/N-ethyl adjacent to an activating group) is 2. The van der Waals surface area contributed by atoms with Gasteiger partial charge in [0.1, 0.15) is 0 Å². The zero-order valence-electron chi connectivity index (χ0n) is 11.7. The minimum Gasteiger partial charge on any atom is -0.337 e. The molecule has 0 saturated carbocycles. The summed E-state index contributed by atoms with van der Waals surface area (Å²) in [7, 11) is 1.70. The molecular weight excluding hydrogens is 265 g/mol. The first kappa shape index (κ1) is 14.7. The number of hydrogen-bond donors (Lipinski definition) is 1. The molecule has 2 fully saturated rings. The van der Waals surface area contributed by atoms with Gasteiger partial charge in [-0.25, -0.2) is 0 Å². The molecule has 0 amide bonds. The van der Waals surface area contributed by atoms with E-state index in [1.165, 1.54) is 0 Å². The first-order valence-electron chi connectivity index (χ1n) is 6.68. The molecule has 1 N–H and O–H groups in total. The summed E-state index contributed by atoms with van der Waals surface area (Å²) in [6.45, 7) is 7.33. The molecule has 0 bridgehead atoms. The van der Waals surface area contributed by atoms with Crippen molar-refractivity contribution in [2.24, 2.45) is 4.76 Å². The predicted octanol–water partition coefficient (Wildman–Crippen LogP) is -0.513. The fourth-order valence-corrected chi connectivity index (χ4v) is 2.82. The van der Waals surface area contributed by atoms with Crippen LogP contribution in [0.4, 0.5) is 0 Å². The number of nitrogens with zero attached hydrogens (tertiary/aromatic N) is 5. The summed E-state index contributed by atoms with van der Waals surface area (Å²) in [5, 5.41) is 0. The van der Waals surface area contributed by atoms with E-state index in [4.69, 9.17) is 4.89 Å². The maximum absolute atomic E-state index is 11.1. The minimum atomic E-state index is -2.48. The van der Waals surface area contributed by atoms with E-state index >= 15 is 0 Å². The normalized spacial score (nSPS) is 23.4. The number of rotatable bonds is 1. The molecule has 0 radical (unpaired) electrons. The van der Waals surface area contributed by atoms with Gasteiger partial charge in [0.2, 0.25) is 0 Å². The van der Waals surface area contributed by atoms with Crippen LogP contribution in [0.3, 0.4) is 0 Å². The molecule has 2 rings (SSSR count). The minimum absolute atomic E-state index is 0.699. The molecular formula is C11H23N5O2P+. The van der Waals surface area contributed by atoms with Crippen molar-refractivity contribution in [3.05, 3.63) is 0 Å². The number of piperazine rings is 2. The molecule has 2 saturated heterocycles. The van der Waals surface area contributed by atoms with E-state index in [1.807, 2.05) is 0 Å². The molecule has 8 heteroatoms. The third-order valence-corrected chi connectivity index (χ3v) is 4.10. The highest BCUT2D eigenvalue weighted by molar-refractivity contribution is 7.36. The topological polar surface area (TPSA) is 62.6 Å². The summed E-state index contributed by atoms with van der Waals surface area (Å²) in [5.74, 6) is 0.699. The van der Waals surface area contributed by atoms with E-state index in [-0.39, 0.29) is 0 Å². The van der Waals surface area contributed by atoms with E-state index in [0.717, 1.165) is 52.4 Å². The first-order valence-corrected chi connectivity index (χ1v) is 7.84. The third-order valence-electron chi connectivity index (χ3n) is 3.75. The molecule has 108 valence electrons. The van der Waals surface area contributed by atoms with E-state index < -0.39 is 8.18 Å². The Kier molecular flexibility index (Phi) is 5.10. The second kappa shape index (κ2) is 6.61. The monoisotopic (exact) mass is 288 g/mol. The Balaban J connectivity index is 2.06. The smallest absolute Gasteiger partial charge is 0.337 e. The van der Waals surface area contributed by atoms with Crippen LogP contribution in [-0.4, -0.2) is 96.9 Å². The van der Waals surface area contributed by atoms with Crippen LogP contribution in [0.5, 0.6) is 0 Å². The lowest BCUT2D eigenvalue weighted by atomic mass is 10.3. The fourth-order valence-electron chi connectivity index (χ4n) is 2.42. The molecule has 0 aromatic heterocycles. The first-order chi connectivity index (χ1) is 9.06. The van der Waals surface area contributed by atoms with Crippen LogP contribution in [0.25, 0.3) is 0 Å². The highest BCUT2D eigenvalue weighted by Crippen LogP contribution is 2.19. The summed E-state index contributed by atoms with van der Waals surface area (Å²) in [6, 6.07) is 0. The van der Waals surface area contributed by atoms with Crippen LogP contribution in [-0.2, 0) is 4.57 Å². The third kappa shape index (κ3) is 4.11. The maximum atomic E-state index is 11.1. The van der Waals surface area contributed by atoms with Crippen LogP contribution < -0.4 is 0 Å². The Bertz CT molecular complexity index is 325. The lowest BCUT2D eigenvalue weighted by Gasteiger charge is -2.40. The molecule has 0 aromatic carbocycles. The van der Waals surface area contributed by atoms with Gasteiger partial charge in [0.25, 0.3) is 5.96 Å². The second-order valence-corrected chi connectivity index (χ2v) is 5.94. The highest BCUT2D eigenvalue weighted by atomic mass is 31.1. The summed E-state index contributed by atoms with van der Waals surface area (Å²) >= 11 is 0. The van der Waals surface area contributed by atoms with Gasteiger partial charge in [0, 0.05) is 61.7 Å². The zero-order valence-corrected chi connectivity index (χ0v) is 12.6. The van der Waals surface area contributed by atoms with Gasteiger partial charge in [-0.3, -0.25) is 0 Å². The second-order valence-electron chi connectivity index (χ2n) is 5.23. The molecule has 0 spiro atoms. The van der Waals surface area contributed by atoms with Crippen LogP contribution >= 0.6 is 8.18 Å². The lowest BCUT2D eigenvalue weighted by Crippen LogP contribution is -2.56. The van der Waals surface area contributed by atoms with Crippen molar-refractivity contribution in [2.75, 3.05) is 66.5 Å². The number of hydrogen-bond acceptors (Lipinski definition) is 3. The molecule has 19 heavy (non-hydrogen) atoms. The van der Waals surface area contributed by atoms with Crippen molar-refractivity contribution in [1.82, 2.24) is 19.6 Å². The van der Waals surface area contributed by atoms with Gasteiger partial charge in [-0.15, -0.1) is 4.89 Å². The molecule has 0 aliphatic carbocycles. The number of guanidine groups is 1. The lowest BCUT2D eigenvalue weighted by molar-refractivity contribution is 0.168. The van der Waals surface area contributed by atoms with Crippen molar-refractivity contribution in [3.63, 3.8) is 0 Å². The maximum Gasteiger partial charge on any atom is 0.670 e. The van der Waals surface area contributed by atoms with Crippen LogP contribution in [0.1, 0.15) is 0 Å². The van der Waals surface area contributed by atoms with Gasteiger partial charge in [-0.05, 0) is 14.1 Å². The van der Waals surface area contributed by atoms with Gasteiger partial charge in [-0.1, -0.05) is 0 Å². The molecule has 0 aromatic rings. The van der Waals surface area contributed by atoms with Gasteiger partial charge in [0.15, 0.2) is 0 Å². The van der Waals surface area contributed by atoms with Crippen molar-refractivity contribution < 1.29 is 9.46 Å². The molecule has 7 nitrogen and oxygen atoms in total. The summed E-state index contributed by atoms with van der Waals surface area (Å²) in [6.07, 6.45) is 0. The molecule has 2 aliphatic heterocycles. The average molecular weight is 288 g/mol. The van der Waals surface area contributed by atoms with E-state index in [1.54, 1.807) is 0 Å². The van der Waals surface area contributed by atoms with Gasteiger partial charge < -0.3 is 19.6 Å². The Morgan fingerprint density at radius 1 is 0.895 bits per heavy atom. The molecule has 2 heterocycles. The van der Waals surface area contributed by atoms with Crippen LogP contribution in [0.2, 0.25) is 0 Å². The van der Waals surface area contributed by atoms with Gasteiger partial charge >= 0.3 is 8.18 Å². The van der Waals surface area contributed by atoms with Crippen LogP contribution in [0.15, 0.2) is 4.76 Å². The van der Waals surface area contributed by atoms with Crippen molar-refractivity contribution in [3.8, 4) is 0 Å². The fraction of sp³-hybridized carbons (Fsp3) is 0.909. The Morgan fingerprint density at radius 3 is 1.58 bits per heavy atom. The Hall–Kier alpha value is -0.750. The van der Waals surface area contributed by atoms with Crippen molar-refractivity contribution in [2.45, 2.75) is 0 Å². The Morgan fingerprint density at radius 2 is 1.26 bits per heavy atom. The Labute approximate surface area is 115 Å². The standard InChI is InChI=1S/C11H22N5O2P/c1-13-3-7-15(8-4-13)11(12-19(17)18)16-9-5-14(2)6-10-16/h3-10H2,1-2H3/p+1.